The van der Waals surface area contributed by atoms with Crippen LogP contribution in [0.25, 0.3) is 0 Å². The van der Waals surface area contributed by atoms with Crippen molar-refractivity contribution in [3.8, 4) is 0 Å². The number of ether oxygens (including phenoxy) is 1. The first-order valence-corrected chi connectivity index (χ1v) is 5.11. The molecule has 0 aromatic heterocycles. The molecular formula is C13H14O4. The van der Waals surface area contributed by atoms with Crippen LogP contribution in [0.4, 0.5) is 0 Å². The first-order valence-electron chi connectivity index (χ1n) is 5.11. The van der Waals surface area contributed by atoms with Crippen molar-refractivity contribution in [1.82, 2.24) is 0 Å². The van der Waals surface area contributed by atoms with Gasteiger partial charge in [0.15, 0.2) is 0 Å². The number of carbonyl (C=O) groups excluding carboxylic acids is 1. The second-order valence-electron chi connectivity index (χ2n) is 3.97. The zero-order valence-electron chi connectivity index (χ0n) is 9.71. The van der Waals surface area contributed by atoms with Crippen molar-refractivity contribution in [1.29, 1.82) is 0 Å². The third kappa shape index (κ3) is 4.10. The zero-order valence-corrected chi connectivity index (χ0v) is 9.71. The van der Waals surface area contributed by atoms with Crippen molar-refractivity contribution in [2.24, 2.45) is 0 Å². The van der Waals surface area contributed by atoms with E-state index >= 15 is 0 Å². The Labute approximate surface area is 99.5 Å². The molecule has 1 aromatic carbocycles. The molecule has 0 bridgehead atoms. The first kappa shape index (κ1) is 13.0. The van der Waals surface area contributed by atoms with Crippen LogP contribution in [-0.2, 0) is 19.9 Å². The smallest absolute Gasteiger partial charge is 0.331 e. The van der Waals surface area contributed by atoms with Gasteiger partial charge in [-0.05, 0) is 19.4 Å². The fourth-order valence-electron chi connectivity index (χ4n) is 1.32. The molecule has 0 aliphatic heterocycles. The summed E-state index contributed by atoms with van der Waals surface area (Å²) in [6.07, 6.45) is 1.65. The molecule has 4 heteroatoms. The number of aliphatic carboxylic acids is 1. The van der Waals surface area contributed by atoms with Crippen LogP contribution in [0.2, 0.25) is 0 Å². The van der Waals surface area contributed by atoms with Crippen molar-refractivity contribution >= 4 is 11.9 Å². The Balaban J connectivity index is 2.74. The standard InChI is InChI=1S/C13H14O4/c1-13(2,10-6-4-3-5-7-10)17-12(16)9-8-11(14)15/h3-9H,1-2H3,(H,14,15)/b9-8-. The quantitative estimate of drug-likeness (QED) is 0.640. The van der Waals surface area contributed by atoms with Crippen LogP contribution in [0, 0.1) is 0 Å². The van der Waals surface area contributed by atoms with E-state index in [0.717, 1.165) is 17.7 Å². The molecule has 1 aromatic rings. The summed E-state index contributed by atoms with van der Waals surface area (Å²) in [5.74, 6) is -1.86. The maximum atomic E-state index is 11.4. The van der Waals surface area contributed by atoms with Crippen LogP contribution >= 0.6 is 0 Å². The SMILES string of the molecule is CC(C)(OC(=O)/C=C\C(=O)O)c1ccccc1. The Kier molecular flexibility index (Phi) is 4.04. The summed E-state index contributed by atoms with van der Waals surface area (Å²) >= 11 is 0. The van der Waals surface area contributed by atoms with E-state index in [4.69, 9.17) is 9.84 Å². The number of carbonyl (C=O) groups is 2. The highest BCUT2D eigenvalue weighted by atomic mass is 16.6. The lowest BCUT2D eigenvalue weighted by atomic mass is 9.98. The average molecular weight is 234 g/mol. The Hall–Kier alpha value is -2.10. The van der Waals surface area contributed by atoms with E-state index < -0.39 is 17.5 Å². The number of hydrogen-bond donors (Lipinski definition) is 1. The van der Waals surface area contributed by atoms with Crippen LogP contribution < -0.4 is 0 Å². The van der Waals surface area contributed by atoms with Gasteiger partial charge in [0, 0.05) is 12.2 Å². The predicted molar refractivity (Wildman–Crippen MR) is 62.3 cm³/mol. The molecule has 0 saturated carbocycles. The van der Waals surface area contributed by atoms with Gasteiger partial charge in [0.25, 0.3) is 0 Å². The maximum absolute atomic E-state index is 11.4. The number of rotatable bonds is 4. The zero-order chi connectivity index (χ0) is 12.9. The van der Waals surface area contributed by atoms with Gasteiger partial charge in [-0.1, -0.05) is 30.3 Å². The molecule has 1 rings (SSSR count). The molecule has 0 saturated heterocycles. The third-order valence-corrected chi connectivity index (χ3v) is 2.19. The lowest BCUT2D eigenvalue weighted by Crippen LogP contribution is -2.24. The normalized spacial score (nSPS) is 11.4. The van der Waals surface area contributed by atoms with Crippen LogP contribution in [0.3, 0.4) is 0 Å². The lowest BCUT2D eigenvalue weighted by Gasteiger charge is -2.24. The minimum Gasteiger partial charge on any atom is -0.478 e. The minimum atomic E-state index is -1.18. The second kappa shape index (κ2) is 5.30. The average Bonchev–Trinajstić information content (AvgIpc) is 2.27. The van der Waals surface area contributed by atoms with Crippen molar-refractivity contribution in [2.45, 2.75) is 19.4 Å². The summed E-state index contributed by atoms with van der Waals surface area (Å²) in [5.41, 5.74) is 0.0540. The fraction of sp³-hybridized carbons (Fsp3) is 0.231. The van der Waals surface area contributed by atoms with E-state index in [9.17, 15) is 9.59 Å². The molecule has 0 aliphatic rings. The fourth-order valence-corrected chi connectivity index (χ4v) is 1.32. The topological polar surface area (TPSA) is 63.6 Å². The van der Waals surface area contributed by atoms with E-state index in [1.165, 1.54) is 0 Å². The van der Waals surface area contributed by atoms with E-state index in [0.29, 0.717) is 0 Å². The summed E-state index contributed by atoms with van der Waals surface area (Å²) in [6, 6.07) is 9.24. The van der Waals surface area contributed by atoms with Gasteiger partial charge >= 0.3 is 11.9 Å². The van der Waals surface area contributed by atoms with Gasteiger partial charge in [-0.3, -0.25) is 0 Å². The summed E-state index contributed by atoms with van der Waals surface area (Å²) in [7, 11) is 0. The molecule has 0 fully saturated rings. The van der Waals surface area contributed by atoms with E-state index in [1.807, 2.05) is 30.3 Å². The van der Waals surface area contributed by atoms with Gasteiger partial charge in [0.05, 0.1) is 0 Å². The number of benzene rings is 1. The molecule has 0 spiro atoms. The van der Waals surface area contributed by atoms with Crippen molar-refractivity contribution < 1.29 is 19.4 Å². The van der Waals surface area contributed by atoms with Gasteiger partial charge in [0.1, 0.15) is 5.60 Å². The largest absolute Gasteiger partial charge is 0.478 e. The monoisotopic (exact) mass is 234 g/mol. The Morgan fingerprint density at radius 2 is 1.76 bits per heavy atom. The number of carboxylic acid groups (broad SMARTS) is 1. The Bertz CT molecular complexity index is 432. The maximum Gasteiger partial charge on any atom is 0.331 e. The number of esters is 1. The van der Waals surface area contributed by atoms with Gasteiger partial charge in [0.2, 0.25) is 0 Å². The van der Waals surface area contributed by atoms with Gasteiger partial charge in [-0.2, -0.15) is 0 Å². The minimum absolute atomic E-state index is 0.679. The predicted octanol–water partition coefficient (Wildman–Crippen LogP) is 2.11. The van der Waals surface area contributed by atoms with Crippen molar-refractivity contribution in [3.63, 3.8) is 0 Å². The van der Waals surface area contributed by atoms with E-state index in [1.54, 1.807) is 13.8 Å². The third-order valence-electron chi connectivity index (χ3n) is 2.19. The molecule has 0 radical (unpaired) electrons. The first-order chi connectivity index (χ1) is 7.92. The van der Waals surface area contributed by atoms with E-state index in [2.05, 4.69) is 0 Å². The highest BCUT2D eigenvalue weighted by molar-refractivity contribution is 5.90. The molecule has 0 atom stereocenters. The summed E-state index contributed by atoms with van der Waals surface area (Å²) in [4.78, 5) is 21.6. The number of carboxylic acids is 1. The van der Waals surface area contributed by atoms with E-state index in [-0.39, 0.29) is 0 Å². The summed E-state index contributed by atoms with van der Waals surface area (Å²) < 4.78 is 5.19. The van der Waals surface area contributed by atoms with Gasteiger partial charge < -0.3 is 9.84 Å². The summed E-state index contributed by atoms with van der Waals surface area (Å²) in [6.45, 7) is 3.49. The molecule has 4 nitrogen and oxygen atoms in total. The van der Waals surface area contributed by atoms with Crippen LogP contribution in [0.1, 0.15) is 19.4 Å². The highest BCUT2D eigenvalue weighted by Gasteiger charge is 2.23. The molecule has 0 unspecified atom stereocenters. The lowest BCUT2D eigenvalue weighted by molar-refractivity contribution is -0.151. The van der Waals surface area contributed by atoms with Gasteiger partial charge in [-0.25, -0.2) is 9.59 Å². The van der Waals surface area contributed by atoms with Crippen LogP contribution in [0.5, 0.6) is 0 Å². The molecule has 0 aliphatic carbocycles. The van der Waals surface area contributed by atoms with Crippen molar-refractivity contribution in [2.75, 3.05) is 0 Å². The number of hydrogen-bond acceptors (Lipinski definition) is 3. The molecule has 17 heavy (non-hydrogen) atoms. The molecule has 1 N–H and O–H groups in total. The van der Waals surface area contributed by atoms with Gasteiger partial charge in [-0.15, -0.1) is 0 Å². The van der Waals surface area contributed by atoms with Crippen LogP contribution in [-0.4, -0.2) is 17.0 Å². The van der Waals surface area contributed by atoms with Crippen LogP contribution in [0.15, 0.2) is 42.5 Å². The summed E-state index contributed by atoms with van der Waals surface area (Å²) in [5, 5.41) is 8.38. The van der Waals surface area contributed by atoms with Crippen molar-refractivity contribution in [3.05, 3.63) is 48.0 Å². The Morgan fingerprint density at radius 1 is 1.18 bits per heavy atom. The molecular weight excluding hydrogens is 220 g/mol. The second-order valence-corrected chi connectivity index (χ2v) is 3.97. The highest BCUT2D eigenvalue weighted by Crippen LogP contribution is 2.24. The Morgan fingerprint density at radius 3 is 2.29 bits per heavy atom. The molecule has 0 amide bonds. The molecule has 90 valence electrons. The molecule has 0 heterocycles.